The molecule has 19 heavy (non-hydrogen) atoms. The Hall–Kier alpha value is -1.06. The first-order chi connectivity index (χ1) is 9.05. The average Bonchev–Trinajstić information content (AvgIpc) is 2.74. The predicted octanol–water partition coefficient (Wildman–Crippen LogP) is 2.67. The van der Waals surface area contributed by atoms with Gasteiger partial charge >= 0.3 is 5.97 Å². The Morgan fingerprint density at radius 3 is 2.79 bits per heavy atom. The van der Waals surface area contributed by atoms with Crippen molar-refractivity contribution in [3.05, 3.63) is 34.9 Å². The van der Waals surface area contributed by atoms with Gasteiger partial charge in [-0.3, -0.25) is 4.79 Å². The molecule has 2 unspecified atom stereocenters. The van der Waals surface area contributed by atoms with Gasteiger partial charge in [0, 0.05) is 18.1 Å². The van der Waals surface area contributed by atoms with Crippen molar-refractivity contribution in [2.45, 2.75) is 20.3 Å². The second-order valence-electron chi connectivity index (χ2n) is 5.39. The van der Waals surface area contributed by atoms with Crippen LogP contribution in [0.15, 0.2) is 24.3 Å². The summed E-state index contributed by atoms with van der Waals surface area (Å²) in [4.78, 5) is 12.0. The molecule has 0 spiro atoms. The fourth-order valence-electron chi connectivity index (χ4n) is 2.74. The summed E-state index contributed by atoms with van der Waals surface area (Å²) >= 11 is 5.90. The van der Waals surface area contributed by atoms with E-state index >= 15 is 0 Å². The van der Waals surface area contributed by atoms with E-state index in [0.29, 0.717) is 13.2 Å². The van der Waals surface area contributed by atoms with Crippen molar-refractivity contribution >= 4 is 17.6 Å². The molecular weight excluding hydrogens is 262 g/mol. The van der Waals surface area contributed by atoms with Gasteiger partial charge in [-0.15, -0.1) is 0 Å². The van der Waals surface area contributed by atoms with Gasteiger partial charge in [-0.1, -0.05) is 30.7 Å². The molecule has 0 aliphatic carbocycles. The molecule has 1 heterocycles. The Labute approximate surface area is 119 Å². The van der Waals surface area contributed by atoms with Crippen molar-refractivity contribution in [1.29, 1.82) is 0 Å². The lowest BCUT2D eigenvalue weighted by Gasteiger charge is -2.29. The van der Waals surface area contributed by atoms with E-state index in [0.717, 1.165) is 18.0 Å². The highest BCUT2D eigenvalue weighted by atomic mass is 35.5. The van der Waals surface area contributed by atoms with E-state index in [1.807, 2.05) is 31.2 Å². The van der Waals surface area contributed by atoms with Crippen LogP contribution in [0.1, 0.15) is 19.4 Å². The smallest absolute Gasteiger partial charge is 0.310 e. The molecule has 1 aromatic rings. The third-order valence-corrected chi connectivity index (χ3v) is 4.06. The molecule has 0 aromatic heterocycles. The van der Waals surface area contributed by atoms with E-state index in [1.165, 1.54) is 5.56 Å². The molecule has 2 rings (SSSR count). The van der Waals surface area contributed by atoms with Gasteiger partial charge in [0.2, 0.25) is 0 Å². The van der Waals surface area contributed by atoms with Crippen molar-refractivity contribution in [1.82, 2.24) is 5.32 Å². The monoisotopic (exact) mass is 281 g/mol. The number of carbonyl (C=O) groups excluding carboxylic acids is 1. The van der Waals surface area contributed by atoms with Crippen molar-refractivity contribution in [3.63, 3.8) is 0 Å². The summed E-state index contributed by atoms with van der Waals surface area (Å²) in [5.74, 6) is -0.174. The second-order valence-corrected chi connectivity index (χ2v) is 5.83. The van der Waals surface area contributed by atoms with Crippen molar-refractivity contribution in [2.75, 3.05) is 19.7 Å². The SMILES string of the molecule is CCOC(=O)C1CNCC1(C)Cc1ccc(Cl)cc1. The molecule has 1 aliphatic heterocycles. The molecule has 104 valence electrons. The summed E-state index contributed by atoms with van der Waals surface area (Å²) in [5, 5.41) is 4.04. The standard InChI is InChI=1S/C15H20ClNO2/c1-3-19-14(18)13-9-17-10-15(13,2)8-11-4-6-12(16)7-5-11/h4-7,13,17H,3,8-10H2,1-2H3. The van der Waals surface area contributed by atoms with E-state index in [4.69, 9.17) is 16.3 Å². The van der Waals surface area contributed by atoms with Crippen molar-refractivity contribution in [3.8, 4) is 0 Å². The highest BCUT2D eigenvalue weighted by Gasteiger charge is 2.43. The first-order valence-corrected chi connectivity index (χ1v) is 7.05. The molecule has 1 aliphatic rings. The summed E-state index contributed by atoms with van der Waals surface area (Å²) in [7, 11) is 0. The Bertz CT molecular complexity index is 446. The average molecular weight is 282 g/mol. The van der Waals surface area contributed by atoms with Crippen LogP contribution in [0.3, 0.4) is 0 Å². The number of halogens is 1. The van der Waals surface area contributed by atoms with Gasteiger partial charge < -0.3 is 10.1 Å². The largest absolute Gasteiger partial charge is 0.466 e. The fourth-order valence-corrected chi connectivity index (χ4v) is 2.86. The quantitative estimate of drug-likeness (QED) is 0.863. The van der Waals surface area contributed by atoms with E-state index in [1.54, 1.807) is 0 Å². The number of esters is 1. The van der Waals surface area contributed by atoms with Gasteiger partial charge in [-0.05, 0) is 36.5 Å². The van der Waals surface area contributed by atoms with Crippen LogP contribution in [0.25, 0.3) is 0 Å². The molecular formula is C15H20ClNO2. The molecule has 0 amide bonds. The molecule has 4 heteroatoms. The van der Waals surface area contributed by atoms with Gasteiger partial charge in [0.25, 0.3) is 0 Å². The van der Waals surface area contributed by atoms with Crippen LogP contribution in [-0.2, 0) is 16.0 Å². The summed E-state index contributed by atoms with van der Waals surface area (Å²) in [6.45, 7) is 5.95. The van der Waals surface area contributed by atoms with Crippen molar-refractivity contribution in [2.24, 2.45) is 11.3 Å². The van der Waals surface area contributed by atoms with Crippen LogP contribution >= 0.6 is 11.6 Å². The molecule has 0 bridgehead atoms. The van der Waals surface area contributed by atoms with Gasteiger partial charge in [-0.2, -0.15) is 0 Å². The molecule has 1 fully saturated rings. The lowest BCUT2D eigenvalue weighted by Crippen LogP contribution is -2.35. The lowest BCUT2D eigenvalue weighted by molar-refractivity contribution is -0.150. The van der Waals surface area contributed by atoms with E-state index in [-0.39, 0.29) is 17.3 Å². The number of benzene rings is 1. The topological polar surface area (TPSA) is 38.3 Å². The maximum absolute atomic E-state index is 12.0. The zero-order valence-corrected chi connectivity index (χ0v) is 12.2. The molecule has 2 atom stereocenters. The fraction of sp³-hybridized carbons (Fsp3) is 0.533. The molecule has 0 saturated carbocycles. The lowest BCUT2D eigenvalue weighted by atomic mass is 9.75. The molecule has 3 nitrogen and oxygen atoms in total. The number of hydrogen-bond donors (Lipinski definition) is 1. The number of nitrogens with one attached hydrogen (secondary N) is 1. The number of carbonyl (C=O) groups is 1. The highest BCUT2D eigenvalue weighted by Crippen LogP contribution is 2.35. The Kier molecular flexibility index (Phi) is 4.48. The van der Waals surface area contributed by atoms with E-state index in [2.05, 4.69) is 12.2 Å². The molecule has 1 N–H and O–H groups in total. The van der Waals surface area contributed by atoms with Crippen LogP contribution in [-0.4, -0.2) is 25.7 Å². The minimum atomic E-state index is -0.0971. The number of ether oxygens (including phenoxy) is 1. The third kappa shape index (κ3) is 3.28. The minimum Gasteiger partial charge on any atom is -0.466 e. The van der Waals surface area contributed by atoms with Crippen molar-refractivity contribution < 1.29 is 9.53 Å². The van der Waals surface area contributed by atoms with Gasteiger partial charge in [0.05, 0.1) is 12.5 Å². The highest BCUT2D eigenvalue weighted by molar-refractivity contribution is 6.30. The van der Waals surface area contributed by atoms with Gasteiger partial charge in [0.15, 0.2) is 0 Å². The maximum atomic E-state index is 12.0. The van der Waals surface area contributed by atoms with E-state index < -0.39 is 0 Å². The summed E-state index contributed by atoms with van der Waals surface area (Å²) in [6, 6.07) is 7.83. The summed E-state index contributed by atoms with van der Waals surface area (Å²) in [6.07, 6.45) is 0.848. The first kappa shape index (κ1) is 14.4. The zero-order valence-electron chi connectivity index (χ0n) is 11.4. The Balaban J connectivity index is 2.11. The molecule has 1 aromatic carbocycles. The maximum Gasteiger partial charge on any atom is 0.310 e. The van der Waals surface area contributed by atoms with Crippen LogP contribution in [0, 0.1) is 11.3 Å². The van der Waals surface area contributed by atoms with Crippen LogP contribution in [0.5, 0.6) is 0 Å². The normalized spacial score (nSPS) is 26.4. The first-order valence-electron chi connectivity index (χ1n) is 6.67. The van der Waals surface area contributed by atoms with Gasteiger partial charge in [0.1, 0.15) is 0 Å². The number of hydrogen-bond acceptors (Lipinski definition) is 3. The minimum absolute atomic E-state index is 0.0804. The van der Waals surface area contributed by atoms with Gasteiger partial charge in [-0.25, -0.2) is 0 Å². The second kappa shape index (κ2) is 5.93. The molecule has 0 radical (unpaired) electrons. The third-order valence-electron chi connectivity index (χ3n) is 3.81. The van der Waals surface area contributed by atoms with Crippen LogP contribution in [0.4, 0.5) is 0 Å². The summed E-state index contributed by atoms with van der Waals surface area (Å²) in [5.41, 5.74) is 1.10. The Morgan fingerprint density at radius 2 is 2.16 bits per heavy atom. The predicted molar refractivity (Wildman–Crippen MR) is 76.3 cm³/mol. The summed E-state index contributed by atoms with van der Waals surface area (Å²) < 4.78 is 5.18. The van der Waals surface area contributed by atoms with Crippen LogP contribution < -0.4 is 5.32 Å². The molecule has 1 saturated heterocycles. The van der Waals surface area contributed by atoms with E-state index in [9.17, 15) is 4.79 Å². The zero-order chi connectivity index (χ0) is 13.9. The number of rotatable bonds is 4. The Morgan fingerprint density at radius 1 is 1.47 bits per heavy atom. The van der Waals surface area contributed by atoms with Crippen LogP contribution in [0.2, 0.25) is 5.02 Å².